The van der Waals surface area contributed by atoms with E-state index < -0.39 is 0 Å². The third kappa shape index (κ3) is 3.73. The summed E-state index contributed by atoms with van der Waals surface area (Å²) in [7, 11) is 0. The quantitative estimate of drug-likeness (QED) is 0.609. The number of hydrogen-bond acceptors (Lipinski definition) is 2. The van der Waals surface area contributed by atoms with Crippen molar-refractivity contribution in [2.24, 2.45) is 5.92 Å². The van der Waals surface area contributed by atoms with Crippen LogP contribution in [-0.4, -0.2) is 26.3 Å². The van der Waals surface area contributed by atoms with Crippen molar-refractivity contribution in [3.63, 3.8) is 0 Å². The predicted octanol–water partition coefficient (Wildman–Crippen LogP) is 1.41. The Kier molecular flexibility index (Phi) is 4.55. The van der Waals surface area contributed by atoms with E-state index in [4.69, 9.17) is 4.74 Å². The zero-order valence-corrected chi connectivity index (χ0v) is 7.44. The van der Waals surface area contributed by atoms with Gasteiger partial charge in [-0.05, 0) is 45.2 Å². The molecular weight excluding hydrogens is 138 g/mol. The third-order valence-electron chi connectivity index (χ3n) is 2.27. The molecule has 1 unspecified atom stereocenters. The Bertz CT molecular complexity index is 89.6. The van der Waals surface area contributed by atoms with Gasteiger partial charge in [-0.15, -0.1) is 0 Å². The molecule has 1 saturated heterocycles. The SMILES string of the molecule is CCOCCCC1CCNC1. The lowest BCUT2D eigenvalue weighted by Gasteiger charge is -2.06. The molecule has 1 heterocycles. The molecule has 2 nitrogen and oxygen atoms in total. The summed E-state index contributed by atoms with van der Waals surface area (Å²) in [5.41, 5.74) is 0. The molecule has 0 radical (unpaired) electrons. The zero-order chi connectivity index (χ0) is 7.94. The minimum Gasteiger partial charge on any atom is -0.382 e. The summed E-state index contributed by atoms with van der Waals surface area (Å²) in [6, 6.07) is 0. The van der Waals surface area contributed by atoms with Crippen LogP contribution in [0.1, 0.15) is 26.2 Å². The van der Waals surface area contributed by atoms with Gasteiger partial charge in [0.25, 0.3) is 0 Å². The Labute approximate surface area is 69.3 Å². The molecule has 11 heavy (non-hydrogen) atoms. The van der Waals surface area contributed by atoms with E-state index in [1.54, 1.807) is 0 Å². The highest BCUT2D eigenvalue weighted by molar-refractivity contribution is 4.70. The van der Waals surface area contributed by atoms with Gasteiger partial charge in [-0.1, -0.05) is 0 Å². The maximum Gasteiger partial charge on any atom is 0.0466 e. The monoisotopic (exact) mass is 157 g/mol. The van der Waals surface area contributed by atoms with Crippen molar-refractivity contribution in [1.82, 2.24) is 5.32 Å². The van der Waals surface area contributed by atoms with Gasteiger partial charge in [-0.25, -0.2) is 0 Å². The van der Waals surface area contributed by atoms with Crippen LogP contribution >= 0.6 is 0 Å². The van der Waals surface area contributed by atoms with Gasteiger partial charge in [0.05, 0.1) is 0 Å². The fourth-order valence-electron chi connectivity index (χ4n) is 1.58. The normalized spacial score (nSPS) is 24.3. The Morgan fingerprint density at radius 3 is 3.09 bits per heavy atom. The lowest BCUT2D eigenvalue weighted by molar-refractivity contribution is 0.140. The van der Waals surface area contributed by atoms with Gasteiger partial charge in [0.15, 0.2) is 0 Å². The second-order valence-electron chi connectivity index (χ2n) is 3.20. The van der Waals surface area contributed by atoms with Crippen LogP contribution in [-0.2, 0) is 4.74 Å². The number of nitrogens with one attached hydrogen (secondary N) is 1. The highest BCUT2D eigenvalue weighted by Crippen LogP contribution is 2.13. The van der Waals surface area contributed by atoms with Crippen LogP contribution in [0.25, 0.3) is 0 Å². The van der Waals surface area contributed by atoms with Gasteiger partial charge in [0, 0.05) is 13.2 Å². The fraction of sp³-hybridized carbons (Fsp3) is 1.00. The summed E-state index contributed by atoms with van der Waals surface area (Å²) in [5, 5.41) is 3.37. The third-order valence-corrected chi connectivity index (χ3v) is 2.27. The van der Waals surface area contributed by atoms with E-state index >= 15 is 0 Å². The second-order valence-corrected chi connectivity index (χ2v) is 3.20. The first-order chi connectivity index (χ1) is 5.43. The Morgan fingerprint density at radius 2 is 2.45 bits per heavy atom. The van der Waals surface area contributed by atoms with Crippen LogP contribution < -0.4 is 5.32 Å². The molecule has 0 aromatic carbocycles. The molecular formula is C9H19NO. The Morgan fingerprint density at radius 1 is 1.55 bits per heavy atom. The molecule has 66 valence electrons. The molecule has 1 fully saturated rings. The fourth-order valence-corrected chi connectivity index (χ4v) is 1.58. The summed E-state index contributed by atoms with van der Waals surface area (Å²) in [6.07, 6.45) is 3.94. The van der Waals surface area contributed by atoms with E-state index in [9.17, 15) is 0 Å². The highest BCUT2D eigenvalue weighted by Gasteiger charge is 2.12. The number of rotatable bonds is 5. The zero-order valence-electron chi connectivity index (χ0n) is 7.44. The molecule has 1 rings (SSSR count). The van der Waals surface area contributed by atoms with Gasteiger partial charge >= 0.3 is 0 Å². The van der Waals surface area contributed by atoms with Gasteiger partial charge in [-0.2, -0.15) is 0 Å². The van der Waals surface area contributed by atoms with E-state index in [2.05, 4.69) is 12.2 Å². The molecule has 1 N–H and O–H groups in total. The van der Waals surface area contributed by atoms with Gasteiger partial charge in [0.1, 0.15) is 0 Å². The minimum absolute atomic E-state index is 0.864. The number of hydrogen-bond donors (Lipinski definition) is 1. The first kappa shape index (κ1) is 9.01. The van der Waals surface area contributed by atoms with Crippen LogP contribution in [0.3, 0.4) is 0 Å². The molecule has 1 atom stereocenters. The largest absolute Gasteiger partial charge is 0.382 e. The van der Waals surface area contributed by atoms with Crippen LogP contribution in [0.4, 0.5) is 0 Å². The van der Waals surface area contributed by atoms with E-state index in [1.165, 1.54) is 32.4 Å². The van der Waals surface area contributed by atoms with Crippen molar-refractivity contribution in [1.29, 1.82) is 0 Å². The van der Waals surface area contributed by atoms with Crippen LogP contribution in [0.15, 0.2) is 0 Å². The molecule has 0 saturated carbocycles. The first-order valence-corrected chi connectivity index (χ1v) is 4.72. The molecule has 0 aliphatic carbocycles. The van der Waals surface area contributed by atoms with E-state index in [0.717, 1.165) is 19.1 Å². The van der Waals surface area contributed by atoms with Crippen molar-refractivity contribution in [2.45, 2.75) is 26.2 Å². The summed E-state index contributed by atoms with van der Waals surface area (Å²) in [4.78, 5) is 0. The number of ether oxygens (including phenoxy) is 1. The van der Waals surface area contributed by atoms with Crippen molar-refractivity contribution in [3.8, 4) is 0 Å². The van der Waals surface area contributed by atoms with Crippen molar-refractivity contribution < 1.29 is 4.74 Å². The molecule has 1 aliphatic heterocycles. The van der Waals surface area contributed by atoms with E-state index in [-0.39, 0.29) is 0 Å². The standard InChI is InChI=1S/C9H19NO/c1-2-11-7-3-4-9-5-6-10-8-9/h9-10H,2-8H2,1H3. The molecule has 0 aromatic rings. The molecule has 0 bridgehead atoms. The summed E-state index contributed by atoms with van der Waals surface area (Å²) < 4.78 is 5.27. The summed E-state index contributed by atoms with van der Waals surface area (Å²) >= 11 is 0. The van der Waals surface area contributed by atoms with Crippen LogP contribution in [0.5, 0.6) is 0 Å². The average Bonchev–Trinajstić information content (AvgIpc) is 2.50. The summed E-state index contributed by atoms with van der Waals surface area (Å²) in [6.45, 7) is 6.32. The van der Waals surface area contributed by atoms with Crippen molar-refractivity contribution in [3.05, 3.63) is 0 Å². The smallest absolute Gasteiger partial charge is 0.0466 e. The van der Waals surface area contributed by atoms with E-state index in [1.807, 2.05) is 0 Å². The minimum atomic E-state index is 0.864. The van der Waals surface area contributed by atoms with Gasteiger partial charge in [-0.3, -0.25) is 0 Å². The predicted molar refractivity (Wildman–Crippen MR) is 46.7 cm³/mol. The maximum absolute atomic E-state index is 5.27. The Hall–Kier alpha value is -0.0800. The lowest BCUT2D eigenvalue weighted by Crippen LogP contribution is -2.09. The van der Waals surface area contributed by atoms with Crippen LogP contribution in [0, 0.1) is 5.92 Å². The van der Waals surface area contributed by atoms with Crippen molar-refractivity contribution in [2.75, 3.05) is 26.3 Å². The lowest BCUT2D eigenvalue weighted by atomic mass is 10.0. The molecule has 1 aliphatic rings. The molecule has 0 spiro atoms. The highest BCUT2D eigenvalue weighted by atomic mass is 16.5. The topological polar surface area (TPSA) is 21.3 Å². The molecule has 0 aromatic heterocycles. The van der Waals surface area contributed by atoms with Crippen LogP contribution in [0.2, 0.25) is 0 Å². The van der Waals surface area contributed by atoms with Crippen molar-refractivity contribution >= 4 is 0 Å². The average molecular weight is 157 g/mol. The maximum atomic E-state index is 5.27. The first-order valence-electron chi connectivity index (χ1n) is 4.72. The second kappa shape index (κ2) is 5.56. The molecule has 0 amide bonds. The molecule has 2 heteroatoms. The van der Waals surface area contributed by atoms with Gasteiger partial charge in [0.2, 0.25) is 0 Å². The van der Waals surface area contributed by atoms with Gasteiger partial charge < -0.3 is 10.1 Å². The summed E-state index contributed by atoms with van der Waals surface area (Å²) in [5.74, 6) is 0.926. The van der Waals surface area contributed by atoms with E-state index in [0.29, 0.717) is 0 Å². The Balaban J connectivity index is 1.86.